The molecule has 10 N–H and O–H groups in total. The lowest BCUT2D eigenvalue weighted by atomic mass is 9.99. The second-order valence-electron chi connectivity index (χ2n) is 11.2. The molecule has 0 fully saturated rings. The summed E-state index contributed by atoms with van der Waals surface area (Å²) < 4.78 is 4.51. The first-order valence-electron chi connectivity index (χ1n) is 15.8. The summed E-state index contributed by atoms with van der Waals surface area (Å²) in [5, 5.41) is 11.5. The number of esters is 1. The molecule has 0 bridgehead atoms. The largest absolute Gasteiger partial charge is 0.508 e. The summed E-state index contributed by atoms with van der Waals surface area (Å²) in [5.74, 6) is -0.735. The number of aromatic hydroxyl groups is 1. The number of aryl methyl sites for hydroxylation is 4. The molecule has 0 spiro atoms. The number of hydrogen-bond donors (Lipinski definition) is 6. The minimum absolute atomic E-state index is 0.000626. The fourth-order valence-corrected chi connectivity index (χ4v) is 4.57. The number of nitrogens with zero attached hydrogens (tertiary/aromatic N) is 3. The molecule has 4 rings (SSSR count). The zero-order valence-corrected chi connectivity index (χ0v) is 27.8. The average Bonchev–Trinajstić information content (AvgIpc) is 3.09. The minimum Gasteiger partial charge on any atom is -0.508 e. The highest BCUT2D eigenvalue weighted by molar-refractivity contribution is 6.06. The van der Waals surface area contributed by atoms with E-state index in [-0.39, 0.29) is 40.9 Å². The van der Waals surface area contributed by atoms with Gasteiger partial charge in [0.05, 0.1) is 12.8 Å². The van der Waals surface area contributed by atoms with E-state index in [4.69, 9.17) is 28.0 Å². The first-order chi connectivity index (χ1) is 23.4. The fourth-order valence-electron chi connectivity index (χ4n) is 4.57. The average molecular weight is 669 g/mol. The third-order valence-electron chi connectivity index (χ3n) is 7.43. The number of anilines is 2. The molecule has 0 atom stereocenters. The monoisotopic (exact) mass is 668 g/mol. The van der Waals surface area contributed by atoms with E-state index in [0.29, 0.717) is 37.9 Å². The van der Waals surface area contributed by atoms with Crippen LogP contribution in [0.15, 0.2) is 77.8 Å². The molecule has 0 saturated carbocycles. The number of carbonyl (C=O) groups excluding carboxylic acids is 3. The number of primary amides is 1. The Morgan fingerprint density at radius 1 is 0.755 bits per heavy atom. The zero-order valence-electron chi connectivity index (χ0n) is 27.8. The van der Waals surface area contributed by atoms with E-state index < -0.39 is 5.91 Å². The van der Waals surface area contributed by atoms with Crippen LogP contribution in [0.4, 0.5) is 11.6 Å². The highest BCUT2D eigenvalue weighted by Crippen LogP contribution is 2.21. The van der Waals surface area contributed by atoms with Gasteiger partial charge in [-0.3, -0.25) is 24.7 Å². The Balaban J connectivity index is 0.000000419. The van der Waals surface area contributed by atoms with Crippen molar-refractivity contribution in [2.75, 3.05) is 25.1 Å². The third-order valence-corrected chi connectivity index (χ3v) is 7.43. The molecule has 13 nitrogen and oxygen atoms in total. The fraction of sp³-hybridized carbons (Fsp3) is 0.278. The number of aliphatic imine (C=N–C) groups is 1. The number of nitrogens with one attached hydrogen (secondary N) is 1. The highest BCUT2D eigenvalue weighted by atomic mass is 16.5. The number of methoxy groups -OCH3 is 1. The molecule has 258 valence electrons. The van der Waals surface area contributed by atoms with Gasteiger partial charge in [-0.05, 0) is 79.0 Å². The lowest BCUT2D eigenvalue weighted by Crippen LogP contribution is -2.38. The van der Waals surface area contributed by atoms with Gasteiger partial charge in [-0.25, -0.2) is 9.97 Å². The van der Waals surface area contributed by atoms with Crippen molar-refractivity contribution in [2.24, 2.45) is 16.5 Å². The smallest absolute Gasteiger partial charge is 0.305 e. The highest BCUT2D eigenvalue weighted by Gasteiger charge is 2.15. The van der Waals surface area contributed by atoms with Crippen molar-refractivity contribution < 1.29 is 24.2 Å². The second-order valence-corrected chi connectivity index (χ2v) is 11.2. The first-order valence-corrected chi connectivity index (χ1v) is 15.8. The Morgan fingerprint density at radius 3 is 1.84 bits per heavy atom. The van der Waals surface area contributed by atoms with E-state index in [2.05, 4.69) is 61.4 Å². The third kappa shape index (κ3) is 13.0. The lowest BCUT2D eigenvalue weighted by molar-refractivity contribution is -0.140. The molecule has 1 heterocycles. The summed E-state index contributed by atoms with van der Waals surface area (Å²) in [6, 6.07) is 23.4. The number of phenolic OH excluding ortho intramolecular Hbond substituents is 1. The van der Waals surface area contributed by atoms with Crippen molar-refractivity contribution in [2.45, 2.75) is 51.9 Å². The molecule has 0 unspecified atom stereocenters. The van der Waals surface area contributed by atoms with Gasteiger partial charge >= 0.3 is 5.97 Å². The van der Waals surface area contributed by atoms with Crippen LogP contribution in [0.1, 0.15) is 58.6 Å². The van der Waals surface area contributed by atoms with Gasteiger partial charge in [0, 0.05) is 19.4 Å². The standard InChI is InChI=1S/C26H32N8O2.C10H12O3/c1-16-23(28)33-24(29)22(32-16)25(36)34-26(30)31-15-3-2-4-17-5-10-19(11-6-17)20-12-7-18(8-13-20)9-14-21(27)35;1-13-10(12)7-4-8-2-5-9(11)6-3-8/h5-8,10-13H,2-4,9,14-15H2,1H3,(H2,27,35)(H4,28,29,33)(H3,30,31,34,36);2-3,5-6,11H,4,7H2,1H3. The number of nitrogens with two attached hydrogens (primary N) is 4. The van der Waals surface area contributed by atoms with Crippen LogP contribution >= 0.6 is 0 Å². The Morgan fingerprint density at radius 2 is 1.29 bits per heavy atom. The van der Waals surface area contributed by atoms with Crippen molar-refractivity contribution in [3.8, 4) is 16.9 Å². The normalized spacial score (nSPS) is 10.9. The quantitative estimate of drug-likeness (QED) is 0.0524. The predicted molar refractivity (Wildman–Crippen MR) is 190 cm³/mol. The van der Waals surface area contributed by atoms with Gasteiger partial charge in [0.1, 0.15) is 11.6 Å². The van der Waals surface area contributed by atoms with Gasteiger partial charge in [-0.1, -0.05) is 60.7 Å². The Bertz CT molecular complexity index is 1720. The molecule has 2 amide bonds. The van der Waals surface area contributed by atoms with Crippen molar-refractivity contribution in [3.63, 3.8) is 0 Å². The van der Waals surface area contributed by atoms with Gasteiger partial charge in [0.15, 0.2) is 17.5 Å². The summed E-state index contributed by atoms with van der Waals surface area (Å²) >= 11 is 0. The Labute approximate surface area is 285 Å². The molecule has 0 saturated heterocycles. The maximum Gasteiger partial charge on any atom is 0.305 e. The molecule has 0 aliphatic carbocycles. The van der Waals surface area contributed by atoms with Gasteiger partial charge in [0.25, 0.3) is 5.91 Å². The summed E-state index contributed by atoms with van der Waals surface area (Å²) in [7, 11) is 1.37. The Kier molecular flexibility index (Phi) is 14.5. The molecule has 0 radical (unpaired) electrons. The van der Waals surface area contributed by atoms with Gasteiger partial charge in [-0.15, -0.1) is 0 Å². The number of nitrogen functional groups attached to an aromatic ring is 2. The second kappa shape index (κ2) is 19.0. The van der Waals surface area contributed by atoms with E-state index in [1.165, 1.54) is 12.7 Å². The van der Waals surface area contributed by atoms with E-state index in [1.54, 1.807) is 31.2 Å². The van der Waals surface area contributed by atoms with Crippen LogP contribution < -0.4 is 28.3 Å². The maximum absolute atomic E-state index is 12.3. The van der Waals surface area contributed by atoms with Crippen LogP contribution in [-0.2, 0) is 33.6 Å². The van der Waals surface area contributed by atoms with Gasteiger partial charge < -0.3 is 32.8 Å². The number of ether oxygens (including phenoxy) is 1. The molecule has 0 aliphatic rings. The summed E-state index contributed by atoms with van der Waals surface area (Å²) in [5.41, 5.74) is 28.4. The van der Waals surface area contributed by atoms with E-state index in [1.807, 2.05) is 12.1 Å². The SMILES string of the molecule is COC(=O)CCc1ccc(O)cc1.Cc1nc(C(=O)NC(N)=NCCCCc2ccc(-c3ccc(CCC(N)=O)cc3)cc2)c(N)nc1N. The predicted octanol–water partition coefficient (Wildman–Crippen LogP) is 3.60. The minimum atomic E-state index is -0.579. The van der Waals surface area contributed by atoms with Gasteiger partial charge in [0.2, 0.25) is 5.91 Å². The molecule has 4 aromatic rings. The number of guanidine groups is 1. The number of phenols is 1. The number of rotatable bonds is 13. The van der Waals surface area contributed by atoms with Crippen LogP contribution in [0, 0.1) is 6.92 Å². The van der Waals surface area contributed by atoms with Crippen molar-refractivity contribution in [1.82, 2.24) is 15.3 Å². The van der Waals surface area contributed by atoms with Crippen molar-refractivity contribution >= 4 is 35.4 Å². The number of unbranched alkanes of at least 4 members (excludes halogenated alkanes) is 1. The summed E-state index contributed by atoms with van der Waals surface area (Å²) in [4.78, 5) is 46.2. The number of carbonyl (C=O) groups is 3. The molecule has 1 aromatic heterocycles. The summed E-state index contributed by atoms with van der Waals surface area (Å²) in [6.07, 6.45) is 4.68. The number of hydrogen-bond acceptors (Lipinski definition) is 10. The van der Waals surface area contributed by atoms with E-state index in [0.717, 1.165) is 41.5 Å². The van der Waals surface area contributed by atoms with Crippen LogP contribution in [0.2, 0.25) is 0 Å². The zero-order chi connectivity index (χ0) is 35.8. The molecular weight excluding hydrogens is 624 g/mol. The van der Waals surface area contributed by atoms with Crippen molar-refractivity contribution in [3.05, 3.63) is 101 Å². The van der Waals surface area contributed by atoms with E-state index >= 15 is 0 Å². The summed E-state index contributed by atoms with van der Waals surface area (Å²) in [6.45, 7) is 2.12. The van der Waals surface area contributed by atoms with Crippen molar-refractivity contribution in [1.29, 1.82) is 0 Å². The first kappa shape index (κ1) is 37.5. The topological polar surface area (TPSA) is 235 Å². The number of amides is 2. The van der Waals surface area contributed by atoms with Crippen LogP contribution in [0.25, 0.3) is 11.1 Å². The van der Waals surface area contributed by atoms with Crippen LogP contribution in [0.5, 0.6) is 5.75 Å². The van der Waals surface area contributed by atoms with Crippen LogP contribution in [0.3, 0.4) is 0 Å². The molecule has 0 aliphatic heterocycles. The molecular formula is C36H44N8O5. The molecule has 49 heavy (non-hydrogen) atoms. The van der Waals surface area contributed by atoms with Gasteiger partial charge in [-0.2, -0.15) is 0 Å². The number of benzene rings is 3. The molecule has 13 heteroatoms. The van der Waals surface area contributed by atoms with Crippen LogP contribution in [-0.4, -0.2) is 52.5 Å². The lowest BCUT2D eigenvalue weighted by Gasteiger charge is -2.08. The Hall–Kier alpha value is -5.98. The maximum atomic E-state index is 12.3. The molecule has 3 aromatic carbocycles. The number of aromatic nitrogens is 2. The van der Waals surface area contributed by atoms with E-state index in [9.17, 15) is 14.4 Å².